The Morgan fingerprint density at radius 1 is 1.12 bits per heavy atom. The van der Waals surface area contributed by atoms with E-state index in [1.54, 1.807) is 22.9 Å². The topological polar surface area (TPSA) is 75.3 Å². The minimum Gasteiger partial charge on any atom is -0.393 e. The fourth-order valence-electron chi connectivity index (χ4n) is 3.11. The SMILES string of the molecule is OC1CCC(Nc2ccnc(-c3cnc4ccc(F)cn34)n2)CC1. The highest BCUT2D eigenvalue weighted by Gasteiger charge is 2.19. The molecule has 6 nitrogen and oxygen atoms in total. The molecule has 0 atom stereocenters. The summed E-state index contributed by atoms with van der Waals surface area (Å²) in [6, 6.07) is 5.12. The number of anilines is 1. The average Bonchev–Trinajstić information content (AvgIpc) is 3.00. The zero-order valence-corrected chi connectivity index (χ0v) is 13.1. The third kappa shape index (κ3) is 2.94. The van der Waals surface area contributed by atoms with Gasteiger partial charge in [0, 0.05) is 18.4 Å². The van der Waals surface area contributed by atoms with Crippen LogP contribution in [0.15, 0.2) is 36.8 Å². The molecule has 0 aliphatic heterocycles. The minimum atomic E-state index is -0.336. The van der Waals surface area contributed by atoms with Gasteiger partial charge >= 0.3 is 0 Å². The number of aliphatic hydroxyl groups excluding tert-OH is 1. The molecule has 24 heavy (non-hydrogen) atoms. The van der Waals surface area contributed by atoms with Gasteiger partial charge in [-0.15, -0.1) is 0 Å². The molecular formula is C17H18FN5O. The number of pyridine rings is 1. The standard InChI is InChI=1S/C17H18FN5O/c18-11-1-6-16-20-9-14(23(16)10-11)17-19-8-7-15(22-17)21-12-2-4-13(24)5-3-12/h1,6-10,12-13,24H,2-5H2,(H,19,21,22). The highest BCUT2D eigenvalue weighted by Crippen LogP contribution is 2.23. The maximum atomic E-state index is 13.5. The van der Waals surface area contributed by atoms with Gasteiger partial charge in [0.15, 0.2) is 5.82 Å². The molecule has 0 aromatic carbocycles. The Kier molecular flexibility index (Phi) is 3.86. The largest absolute Gasteiger partial charge is 0.393 e. The fourth-order valence-corrected chi connectivity index (χ4v) is 3.11. The molecule has 1 aliphatic carbocycles. The van der Waals surface area contributed by atoms with Gasteiger partial charge < -0.3 is 10.4 Å². The number of fused-ring (bicyclic) bond motifs is 1. The maximum absolute atomic E-state index is 13.5. The van der Waals surface area contributed by atoms with Crippen LogP contribution in [0.5, 0.6) is 0 Å². The summed E-state index contributed by atoms with van der Waals surface area (Å²) in [5.41, 5.74) is 1.29. The van der Waals surface area contributed by atoms with Crippen LogP contribution in [0, 0.1) is 5.82 Å². The number of aromatic nitrogens is 4. The number of nitrogens with zero attached hydrogens (tertiary/aromatic N) is 4. The van der Waals surface area contributed by atoms with E-state index in [-0.39, 0.29) is 11.9 Å². The minimum absolute atomic E-state index is 0.183. The van der Waals surface area contributed by atoms with Crippen molar-refractivity contribution in [2.45, 2.75) is 37.8 Å². The van der Waals surface area contributed by atoms with Gasteiger partial charge in [-0.05, 0) is 43.9 Å². The van der Waals surface area contributed by atoms with Crippen LogP contribution in [0.2, 0.25) is 0 Å². The first-order chi connectivity index (χ1) is 11.7. The van der Waals surface area contributed by atoms with Crippen LogP contribution in [0.3, 0.4) is 0 Å². The van der Waals surface area contributed by atoms with Crippen LogP contribution in [0.4, 0.5) is 10.2 Å². The Morgan fingerprint density at radius 3 is 2.79 bits per heavy atom. The second-order valence-corrected chi connectivity index (χ2v) is 6.13. The Morgan fingerprint density at radius 2 is 1.96 bits per heavy atom. The molecular weight excluding hydrogens is 309 g/mol. The van der Waals surface area contributed by atoms with E-state index in [0.717, 1.165) is 31.5 Å². The number of nitrogens with one attached hydrogen (secondary N) is 1. The summed E-state index contributed by atoms with van der Waals surface area (Å²) in [6.45, 7) is 0. The van der Waals surface area contributed by atoms with E-state index in [1.807, 2.05) is 6.07 Å². The van der Waals surface area contributed by atoms with Crippen LogP contribution < -0.4 is 5.32 Å². The van der Waals surface area contributed by atoms with Crippen molar-refractivity contribution in [2.75, 3.05) is 5.32 Å². The van der Waals surface area contributed by atoms with Crippen molar-refractivity contribution in [1.29, 1.82) is 0 Å². The highest BCUT2D eigenvalue weighted by molar-refractivity contribution is 5.58. The molecule has 1 saturated carbocycles. The predicted octanol–water partition coefficient (Wildman–Crippen LogP) is 2.65. The smallest absolute Gasteiger partial charge is 0.180 e. The van der Waals surface area contributed by atoms with E-state index in [0.29, 0.717) is 23.2 Å². The third-order valence-electron chi connectivity index (χ3n) is 4.40. The Hall–Kier alpha value is -2.54. The van der Waals surface area contributed by atoms with E-state index in [2.05, 4.69) is 20.3 Å². The number of hydrogen-bond donors (Lipinski definition) is 2. The Bertz CT molecular complexity index is 857. The number of halogens is 1. The normalized spacial score (nSPS) is 21.1. The fraction of sp³-hybridized carbons (Fsp3) is 0.353. The molecule has 0 radical (unpaired) electrons. The zero-order chi connectivity index (χ0) is 16.5. The molecule has 1 aliphatic rings. The van der Waals surface area contributed by atoms with Crippen LogP contribution >= 0.6 is 0 Å². The van der Waals surface area contributed by atoms with Gasteiger partial charge in [-0.2, -0.15) is 0 Å². The number of rotatable bonds is 3. The number of hydrogen-bond acceptors (Lipinski definition) is 5. The van der Waals surface area contributed by atoms with E-state index < -0.39 is 0 Å². The van der Waals surface area contributed by atoms with Crippen molar-refractivity contribution >= 4 is 11.5 Å². The highest BCUT2D eigenvalue weighted by atomic mass is 19.1. The summed E-state index contributed by atoms with van der Waals surface area (Å²) in [5.74, 6) is 0.887. The molecule has 0 unspecified atom stereocenters. The summed E-state index contributed by atoms with van der Waals surface area (Å²) in [5, 5.41) is 13.0. The summed E-state index contributed by atoms with van der Waals surface area (Å²) < 4.78 is 15.2. The van der Waals surface area contributed by atoms with Crippen molar-refractivity contribution in [3.8, 4) is 11.5 Å². The van der Waals surface area contributed by atoms with Crippen LogP contribution in [-0.4, -0.2) is 36.6 Å². The molecule has 4 rings (SSSR count). The second kappa shape index (κ2) is 6.16. The first-order valence-corrected chi connectivity index (χ1v) is 8.10. The van der Waals surface area contributed by atoms with Gasteiger partial charge in [-0.25, -0.2) is 19.3 Å². The third-order valence-corrected chi connectivity index (χ3v) is 4.40. The molecule has 2 N–H and O–H groups in total. The molecule has 7 heteroatoms. The van der Waals surface area contributed by atoms with Crippen molar-refractivity contribution in [1.82, 2.24) is 19.4 Å². The molecule has 1 fully saturated rings. The van der Waals surface area contributed by atoms with E-state index in [9.17, 15) is 9.50 Å². The van der Waals surface area contributed by atoms with Crippen LogP contribution in [0.1, 0.15) is 25.7 Å². The molecule has 3 aromatic rings. The lowest BCUT2D eigenvalue weighted by Gasteiger charge is -2.26. The summed E-state index contributed by atoms with van der Waals surface area (Å²) >= 11 is 0. The first-order valence-electron chi connectivity index (χ1n) is 8.10. The van der Waals surface area contributed by atoms with Crippen LogP contribution in [-0.2, 0) is 0 Å². The summed E-state index contributed by atoms with van der Waals surface area (Å²) in [4.78, 5) is 13.1. The predicted molar refractivity (Wildman–Crippen MR) is 88.1 cm³/mol. The molecule has 0 amide bonds. The van der Waals surface area contributed by atoms with Gasteiger partial charge in [-0.3, -0.25) is 4.40 Å². The Balaban J connectivity index is 1.61. The van der Waals surface area contributed by atoms with Gasteiger partial charge in [0.2, 0.25) is 0 Å². The van der Waals surface area contributed by atoms with E-state index in [1.165, 1.54) is 12.3 Å². The summed E-state index contributed by atoms with van der Waals surface area (Å²) in [6.07, 6.45) is 7.97. The van der Waals surface area contributed by atoms with Crippen LogP contribution in [0.25, 0.3) is 17.2 Å². The van der Waals surface area contributed by atoms with Crippen molar-refractivity contribution < 1.29 is 9.50 Å². The van der Waals surface area contributed by atoms with Gasteiger partial charge in [0.05, 0.1) is 12.3 Å². The van der Waals surface area contributed by atoms with Crippen molar-refractivity contribution in [2.24, 2.45) is 0 Å². The number of imidazole rings is 1. The molecule has 0 bridgehead atoms. The lowest BCUT2D eigenvalue weighted by Crippen LogP contribution is -2.28. The Labute approximate surface area is 138 Å². The van der Waals surface area contributed by atoms with E-state index in [4.69, 9.17) is 0 Å². The van der Waals surface area contributed by atoms with E-state index >= 15 is 0 Å². The lowest BCUT2D eigenvalue weighted by atomic mass is 9.93. The lowest BCUT2D eigenvalue weighted by molar-refractivity contribution is 0.126. The molecule has 3 aromatic heterocycles. The average molecular weight is 327 g/mol. The van der Waals surface area contributed by atoms with Gasteiger partial charge in [-0.1, -0.05) is 0 Å². The monoisotopic (exact) mass is 327 g/mol. The zero-order valence-electron chi connectivity index (χ0n) is 13.1. The molecule has 124 valence electrons. The van der Waals surface area contributed by atoms with Gasteiger partial charge in [0.25, 0.3) is 0 Å². The molecule has 0 spiro atoms. The van der Waals surface area contributed by atoms with Crippen molar-refractivity contribution in [3.05, 3.63) is 42.6 Å². The van der Waals surface area contributed by atoms with Gasteiger partial charge in [0.1, 0.15) is 23.0 Å². The quantitative estimate of drug-likeness (QED) is 0.773. The first kappa shape index (κ1) is 15.0. The molecule has 0 saturated heterocycles. The van der Waals surface area contributed by atoms with Crippen molar-refractivity contribution in [3.63, 3.8) is 0 Å². The maximum Gasteiger partial charge on any atom is 0.180 e. The molecule has 3 heterocycles. The number of aliphatic hydroxyl groups is 1. The second-order valence-electron chi connectivity index (χ2n) is 6.13. The summed E-state index contributed by atoms with van der Waals surface area (Å²) in [7, 11) is 0.